The summed E-state index contributed by atoms with van der Waals surface area (Å²) in [6.45, 7) is 0.949. The van der Waals surface area contributed by atoms with E-state index < -0.39 is 5.43 Å². The fraction of sp³-hybridized carbons (Fsp3) is 0.400. The Labute approximate surface area is 207 Å². The van der Waals surface area contributed by atoms with Gasteiger partial charge in [0.1, 0.15) is 48.9 Å². The Morgan fingerprint density at radius 1 is 0.722 bits per heavy atom. The molecule has 2 aromatic carbocycles. The smallest absolute Gasteiger partial charge is 0.239 e. The summed E-state index contributed by atoms with van der Waals surface area (Å²) in [7, 11) is 0. The molecule has 196 valence electrons. The Morgan fingerprint density at radius 3 is 2.03 bits per heavy atom. The standard InChI is InChI=1S/C25H30O11/c1-2-31-20-14-17(32-9-5-26)15-21-22(20)23(30)25(35-12-8-29)24(36-21)16-3-4-18(33-10-6-27)19(13-16)34-11-7-28/h3-4,13-15,26-29H,2,5-12H2,1H3. The number of aliphatic hydroxyl groups is 4. The third-order valence-corrected chi connectivity index (χ3v) is 4.79. The lowest BCUT2D eigenvalue weighted by Gasteiger charge is -2.16. The summed E-state index contributed by atoms with van der Waals surface area (Å²) in [5.74, 6) is 1.04. The van der Waals surface area contributed by atoms with Crippen molar-refractivity contribution >= 4 is 11.0 Å². The normalized spacial score (nSPS) is 10.9. The lowest BCUT2D eigenvalue weighted by atomic mass is 10.1. The summed E-state index contributed by atoms with van der Waals surface area (Å²) in [5.41, 5.74) is 0.0323. The fourth-order valence-corrected chi connectivity index (χ4v) is 3.42. The Balaban J connectivity index is 2.23. The zero-order valence-electron chi connectivity index (χ0n) is 19.9. The summed E-state index contributed by atoms with van der Waals surface area (Å²) in [5, 5.41) is 36.8. The van der Waals surface area contributed by atoms with Crippen molar-refractivity contribution in [3.63, 3.8) is 0 Å². The maximum absolute atomic E-state index is 13.6. The molecule has 0 aliphatic heterocycles. The van der Waals surface area contributed by atoms with Gasteiger partial charge in [-0.15, -0.1) is 0 Å². The highest BCUT2D eigenvalue weighted by Gasteiger charge is 2.23. The molecular weight excluding hydrogens is 476 g/mol. The van der Waals surface area contributed by atoms with Gasteiger partial charge in [-0.05, 0) is 25.1 Å². The van der Waals surface area contributed by atoms with Gasteiger partial charge in [0.15, 0.2) is 17.3 Å². The Bertz CT molecular complexity index is 1190. The molecule has 0 aliphatic carbocycles. The van der Waals surface area contributed by atoms with E-state index in [2.05, 4.69) is 0 Å². The Morgan fingerprint density at radius 2 is 1.36 bits per heavy atom. The molecule has 0 bridgehead atoms. The lowest BCUT2D eigenvalue weighted by Crippen LogP contribution is -2.14. The van der Waals surface area contributed by atoms with Gasteiger partial charge in [0.05, 0.1) is 33.0 Å². The molecule has 0 atom stereocenters. The minimum absolute atomic E-state index is 0.0161. The van der Waals surface area contributed by atoms with E-state index in [9.17, 15) is 15.0 Å². The van der Waals surface area contributed by atoms with E-state index in [1.165, 1.54) is 12.1 Å². The summed E-state index contributed by atoms with van der Waals surface area (Å²) in [4.78, 5) is 13.6. The van der Waals surface area contributed by atoms with Crippen molar-refractivity contribution in [1.82, 2.24) is 0 Å². The molecule has 11 nitrogen and oxygen atoms in total. The first-order valence-electron chi connectivity index (χ1n) is 11.4. The van der Waals surface area contributed by atoms with Gasteiger partial charge < -0.3 is 48.5 Å². The lowest BCUT2D eigenvalue weighted by molar-refractivity contribution is 0.178. The molecule has 0 amide bonds. The van der Waals surface area contributed by atoms with Crippen LogP contribution in [0.4, 0.5) is 0 Å². The van der Waals surface area contributed by atoms with Crippen LogP contribution in [0.3, 0.4) is 0 Å². The molecule has 1 aromatic heterocycles. The van der Waals surface area contributed by atoms with E-state index >= 15 is 0 Å². The molecule has 0 saturated heterocycles. The topological polar surface area (TPSA) is 157 Å². The maximum atomic E-state index is 13.6. The summed E-state index contributed by atoms with van der Waals surface area (Å²) >= 11 is 0. The highest BCUT2D eigenvalue weighted by Crippen LogP contribution is 2.39. The fourth-order valence-electron chi connectivity index (χ4n) is 3.42. The maximum Gasteiger partial charge on any atom is 0.239 e. The molecule has 36 heavy (non-hydrogen) atoms. The summed E-state index contributed by atoms with van der Waals surface area (Å²) < 4.78 is 34.0. The number of fused-ring (bicyclic) bond motifs is 1. The molecule has 0 fully saturated rings. The number of ether oxygens (including phenoxy) is 5. The van der Waals surface area contributed by atoms with E-state index in [-0.39, 0.29) is 93.4 Å². The monoisotopic (exact) mass is 506 g/mol. The molecule has 3 aromatic rings. The van der Waals surface area contributed by atoms with E-state index in [0.717, 1.165) is 0 Å². The summed E-state index contributed by atoms with van der Waals surface area (Å²) in [6, 6.07) is 7.78. The molecule has 4 N–H and O–H groups in total. The number of aliphatic hydroxyl groups excluding tert-OH is 4. The van der Waals surface area contributed by atoms with E-state index in [0.29, 0.717) is 17.1 Å². The minimum Gasteiger partial charge on any atom is -0.493 e. The van der Waals surface area contributed by atoms with Gasteiger partial charge in [-0.2, -0.15) is 0 Å². The number of hydrogen-bond donors (Lipinski definition) is 4. The van der Waals surface area contributed by atoms with Gasteiger partial charge in [-0.3, -0.25) is 4.79 Å². The van der Waals surface area contributed by atoms with Gasteiger partial charge in [0, 0.05) is 17.7 Å². The number of hydrogen-bond acceptors (Lipinski definition) is 11. The predicted molar refractivity (Wildman–Crippen MR) is 129 cm³/mol. The van der Waals surface area contributed by atoms with Crippen molar-refractivity contribution in [3.8, 4) is 40.1 Å². The second-order valence-corrected chi connectivity index (χ2v) is 7.27. The molecule has 0 radical (unpaired) electrons. The van der Waals surface area contributed by atoms with Gasteiger partial charge in [-0.25, -0.2) is 0 Å². The average molecular weight is 507 g/mol. The van der Waals surface area contributed by atoms with Crippen molar-refractivity contribution < 1.29 is 48.5 Å². The second-order valence-electron chi connectivity index (χ2n) is 7.27. The second kappa shape index (κ2) is 13.5. The highest BCUT2D eigenvalue weighted by molar-refractivity contribution is 5.88. The minimum atomic E-state index is -0.518. The van der Waals surface area contributed by atoms with Crippen LogP contribution < -0.4 is 29.1 Å². The molecule has 0 saturated carbocycles. The van der Waals surface area contributed by atoms with E-state index in [1.807, 2.05) is 0 Å². The highest BCUT2D eigenvalue weighted by atomic mass is 16.5. The number of rotatable bonds is 15. The first-order valence-corrected chi connectivity index (χ1v) is 11.4. The third kappa shape index (κ3) is 6.38. The molecule has 0 spiro atoms. The first-order chi connectivity index (χ1) is 17.6. The van der Waals surface area contributed by atoms with E-state index in [4.69, 9.17) is 38.3 Å². The Kier molecular flexibility index (Phi) is 10.2. The van der Waals surface area contributed by atoms with Crippen molar-refractivity contribution in [3.05, 3.63) is 40.6 Å². The van der Waals surface area contributed by atoms with Crippen LogP contribution in [-0.4, -0.2) is 79.9 Å². The molecular formula is C25H30O11. The van der Waals surface area contributed by atoms with Crippen LogP contribution in [0.2, 0.25) is 0 Å². The van der Waals surface area contributed by atoms with Gasteiger partial charge in [0.25, 0.3) is 0 Å². The molecule has 0 unspecified atom stereocenters. The van der Waals surface area contributed by atoms with Crippen molar-refractivity contribution in [2.24, 2.45) is 0 Å². The van der Waals surface area contributed by atoms with Crippen LogP contribution in [0.25, 0.3) is 22.3 Å². The van der Waals surface area contributed by atoms with Crippen LogP contribution in [-0.2, 0) is 0 Å². The quantitative estimate of drug-likeness (QED) is 0.236. The zero-order valence-corrected chi connectivity index (χ0v) is 19.9. The van der Waals surface area contributed by atoms with Crippen molar-refractivity contribution in [2.75, 3.05) is 59.5 Å². The SMILES string of the molecule is CCOc1cc(OCCO)cc2oc(-c3ccc(OCCO)c(OCCO)c3)c(OCCO)c(=O)c12. The van der Waals surface area contributed by atoms with Gasteiger partial charge in [-0.1, -0.05) is 0 Å². The summed E-state index contributed by atoms with van der Waals surface area (Å²) in [6.07, 6.45) is 0. The Hall–Kier alpha value is -3.51. The first kappa shape index (κ1) is 27.1. The molecule has 1 heterocycles. The van der Waals surface area contributed by atoms with Crippen LogP contribution in [0.1, 0.15) is 6.92 Å². The van der Waals surface area contributed by atoms with Gasteiger partial charge in [0.2, 0.25) is 11.2 Å². The zero-order chi connectivity index (χ0) is 25.9. The van der Waals surface area contributed by atoms with E-state index in [1.54, 1.807) is 25.1 Å². The van der Waals surface area contributed by atoms with Crippen molar-refractivity contribution in [1.29, 1.82) is 0 Å². The molecule has 0 aliphatic rings. The average Bonchev–Trinajstić information content (AvgIpc) is 2.89. The largest absolute Gasteiger partial charge is 0.493 e. The van der Waals surface area contributed by atoms with Crippen LogP contribution >= 0.6 is 0 Å². The van der Waals surface area contributed by atoms with Gasteiger partial charge >= 0.3 is 0 Å². The predicted octanol–water partition coefficient (Wildman–Crippen LogP) is 1.34. The molecule has 3 rings (SSSR count). The van der Waals surface area contributed by atoms with Crippen molar-refractivity contribution in [2.45, 2.75) is 6.92 Å². The van der Waals surface area contributed by atoms with Crippen LogP contribution in [0.5, 0.6) is 28.7 Å². The number of benzene rings is 2. The third-order valence-electron chi connectivity index (χ3n) is 4.79. The molecule has 11 heteroatoms. The van der Waals surface area contributed by atoms with Crippen LogP contribution in [0.15, 0.2) is 39.5 Å². The van der Waals surface area contributed by atoms with Crippen LogP contribution in [0, 0.1) is 0 Å².